The highest BCUT2D eigenvalue weighted by atomic mass is 32.2. The maximum atomic E-state index is 13.4. The van der Waals surface area contributed by atoms with Crippen molar-refractivity contribution in [3.63, 3.8) is 0 Å². The lowest BCUT2D eigenvalue weighted by Crippen LogP contribution is -2.19. The molecular formula is C25H22N4O3S. The molecule has 0 unspecified atom stereocenters. The van der Waals surface area contributed by atoms with E-state index in [1.807, 2.05) is 59.2 Å². The molecule has 0 bridgehead atoms. The summed E-state index contributed by atoms with van der Waals surface area (Å²) in [5, 5.41) is 11.2. The van der Waals surface area contributed by atoms with Gasteiger partial charge in [-0.3, -0.25) is 14.2 Å². The van der Waals surface area contributed by atoms with Crippen molar-refractivity contribution in [2.45, 2.75) is 17.3 Å². The van der Waals surface area contributed by atoms with Gasteiger partial charge in [0.25, 0.3) is 0 Å². The number of amides is 1. The zero-order chi connectivity index (χ0) is 23.2. The smallest absolute Gasteiger partial charge is 0.242 e. The third-order valence-electron chi connectivity index (χ3n) is 4.95. The summed E-state index contributed by atoms with van der Waals surface area (Å²) in [6, 6.07) is 23.9. The third kappa shape index (κ3) is 5.30. The number of hydrogen-bond acceptors (Lipinski definition) is 6. The van der Waals surface area contributed by atoms with Crippen LogP contribution >= 0.6 is 11.8 Å². The Labute approximate surface area is 195 Å². The summed E-state index contributed by atoms with van der Waals surface area (Å²) >= 11 is 1.29. The number of carbonyl (C=O) groups excluding carboxylic acids is 2. The van der Waals surface area contributed by atoms with Gasteiger partial charge in [-0.2, -0.15) is 0 Å². The largest absolute Gasteiger partial charge is 0.497 e. The average Bonchev–Trinajstić information content (AvgIpc) is 3.31. The SMILES string of the molecule is COc1cccc(-n2cnnc2S[C@@H](C(=O)Nc2cccc(C(C)=O)c2)c2ccccc2)c1. The second kappa shape index (κ2) is 10.1. The van der Waals surface area contributed by atoms with E-state index in [-0.39, 0.29) is 11.7 Å². The van der Waals surface area contributed by atoms with Crippen LogP contribution in [0.2, 0.25) is 0 Å². The molecule has 8 heteroatoms. The minimum Gasteiger partial charge on any atom is -0.497 e. The van der Waals surface area contributed by atoms with Crippen molar-refractivity contribution < 1.29 is 14.3 Å². The van der Waals surface area contributed by atoms with Crippen molar-refractivity contribution in [3.05, 3.63) is 96.3 Å². The Hall–Kier alpha value is -3.91. The molecule has 1 aromatic heterocycles. The van der Waals surface area contributed by atoms with Gasteiger partial charge in [-0.05, 0) is 36.8 Å². The number of anilines is 1. The zero-order valence-electron chi connectivity index (χ0n) is 18.1. The Morgan fingerprint density at radius 1 is 1.00 bits per heavy atom. The molecular weight excluding hydrogens is 436 g/mol. The molecule has 0 saturated heterocycles. The fraction of sp³-hybridized carbons (Fsp3) is 0.120. The van der Waals surface area contributed by atoms with Crippen LogP contribution in [-0.4, -0.2) is 33.6 Å². The Morgan fingerprint density at radius 2 is 1.79 bits per heavy atom. The molecule has 0 saturated carbocycles. The molecule has 33 heavy (non-hydrogen) atoms. The fourth-order valence-corrected chi connectivity index (χ4v) is 4.30. The molecule has 1 heterocycles. The standard InChI is InChI=1S/C25H22N4O3S/c1-17(30)19-10-6-11-20(14-19)27-24(31)23(18-8-4-3-5-9-18)33-25-28-26-16-29(25)21-12-7-13-22(15-21)32-2/h3-16,23H,1-2H3,(H,27,31)/t23-/m1/s1. The molecule has 1 atom stereocenters. The lowest BCUT2D eigenvalue weighted by Gasteiger charge is -2.17. The summed E-state index contributed by atoms with van der Waals surface area (Å²) in [6.07, 6.45) is 1.60. The monoisotopic (exact) mass is 458 g/mol. The first-order valence-electron chi connectivity index (χ1n) is 10.2. The molecule has 0 spiro atoms. The van der Waals surface area contributed by atoms with Gasteiger partial charge >= 0.3 is 0 Å². The minimum atomic E-state index is -0.597. The predicted octanol–water partition coefficient (Wildman–Crippen LogP) is 4.95. The molecule has 1 N–H and O–H groups in total. The number of thioether (sulfide) groups is 1. The number of hydrogen-bond donors (Lipinski definition) is 1. The Kier molecular flexibility index (Phi) is 6.85. The quantitative estimate of drug-likeness (QED) is 0.297. The number of nitrogens with one attached hydrogen (secondary N) is 1. The summed E-state index contributed by atoms with van der Waals surface area (Å²) in [7, 11) is 1.61. The number of rotatable bonds is 8. The van der Waals surface area contributed by atoms with Gasteiger partial charge in [-0.25, -0.2) is 0 Å². The second-order valence-corrected chi connectivity index (χ2v) is 8.29. The first kappa shape index (κ1) is 22.3. The van der Waals surface area contributed by atoms with Gasteiger partial charge in [0.15, 0.2) is 10.9 Å². The number of ketones is 1. The molecule has 4 rings (SSSR count). The average molecular weight is 459 g/mol. The van der Waals surface area contributed by atoms with Crippen LogP contribution in [-0.2, 0) is 4.79 Å². The van der Waals surface area contributed by atoms with Crippen LogP contribution in [0, 0.1) is 0 Å². The molecule has 1 amide bonds. The Balaban J connectivity index is 1.64. The first-order chi connectivity index (χ1) is 16.0. The van der Waals surface area contributed by atoms with Crippen molar-refractivity contribution in [2.75, 3.05) is 12.4 Å². The summed E-state index contributed by atoms with van der Waals surface area (Å²) in [4.78, 5) is 25.1. The number of benzene rings is 3. The molecule has 3 aromatic carbocycles. The van der Waals surface area contributed by atoms with E-state index in [0.29, 0.717) is 22.2 Å². The number of methoxy groups -OCH3 is 1. The van der Waals surface area contributed by atoms with Crippen molar-refractivity contribution in [1.82, 2.24) is 14.8 Å². The van der Waals surface area contributed by atoms with Crippen molar-refractivity contribution in [1.29, 1.82) is 0 Å². The van der Waals surface area contributed by atoms with E-state index in [0.717, 1.165) is 11.3 Å². The lowest BCUT2D eigenvalue weighted by atomic mass is 10.1. The van der Waals surface area contributed by atoms with Crippen molar-refractivity contribution in [3.8, 4) is 11.4 Å². The first-order valence-corrected chi connectivity index (χ1v) is 11.1. The van der Waals surface area contributed by atoms with E-state index >= 15 is 0 Å². The molecule has 4 aromatic rings. The van der Waals surface area contributed by atoms with Crippen molar-refractivity contribution in [2.24, 2.45) is 0 Å². The zero-order valence-corrected chi connectivity index (χ0v) is 19.0. The van der Waals surface area contributed by atoms with Crippen LogP contribution in [0.25, 0.3) is 5.69 Å². The van der Waals surface area contributed by atoms with Gasteiger partial charge in [-0.1, -0.05) is 60.3 Å². The molecule has 0 aliphatic rings. The number of nitrogens with zero attached hydrogens (tertiary/aromatic N) is 3. The molecule has 166 valence electrons. The van der Waals surface area contributed by atoms with Crippen LogP contribution in [0.3, 0.4) is 0 Å². The normalized spacial score (nSPS) is 11.6. The van der Waals surface area contributed by atoms with E-state index in [2.05, 4.69) is 15.5 Å². The Bertz CT molecular complexity index is 1270. The van der Waals surface area contributed by atoms with Gasteiger partial charge in [0.05, 0.1) is 12.8 Å². The summed E-state index contributed by atoms with van der Waals surface area (Å²) in [5.41, 5.74) is 2.74. The van der Waals surface area contributed by atoms with Crippen LogP contribution in [0.15, 0.2) is 90.3 Å². The number of carbonyl (C=O) groups is 2. The van der Waals surface area contributed by atoms with Gasteiger partial charge in [0.2, 0.25) is 5.91 Å². The molecule has 7 nitrogen and oxygen atoms in total. The van der Waals surface area contributed by atoms with Gasteiger partial charge in [-0.15, -0.1) is 10.2 Å². The van der Waals surface area contributed by atoms with Gasteiger partial charge in [0, 0.05) is 17.3 Å². The van der Waals surface area contributed by atoms with Crippen LogP contribution in [0.5, 0.6) is 5.75 Å². The number of ether oxygens (including phenoxy) is 1. The number of Topliss-reactive ketones (excluding diaryl/α,β-unsaturated/α-hetero) is 1. The molecule has 0 aliphatic carbocycles. The van der Waals surface area contributed by atoms with Crippen LogP contribution < -0.4 is 10.1 Å². The van der Waals surface area contributed by atoms with E-state index in [1.54, 1.807) is 37.7 Å². The van der Waals surface area contributed by atoms with E-state index in [1.165, 1.54) is 18.7 Å². The highest BCUT2D eigenvalue weighted by Crippen LogP contribution is 2.36. The van der Waals surface area contributed by atoms with Gasteiger partial charge in [0.1, 0.15) is 17.3 Å². The predicted molar refractivity (Wildman–Crippen MR) is 128 cm³/mol. The third-order valence-corrected chi connectivity index (χ3v) is 6.16. The summed E-state index contributed by atoms with van der Waals surface area (Å²) < 4.78 is 7.14. The van der Waals surface area contributed by atoms with Gasteiger partial charge < -0.3 is 10.1 Å². The maximum Gasteiger partial charge on any atom is 0.242 e. The van der Waals surface area contributed by atoms with Crippen molar-refractivity contribution >= 4 is 29.1 Å². The fourth-order valence-electron chi connectivity index (χ4n) is 3.27. The topological polar surface area (TPSA) is 86.1 Å². The Morgan fingerprint density at radius 3 is 2.55 bits per heavy atom. The molecule has 0 radical (unpaired) electrons. The number of aromatic nitrogens is 3. The maximum absolute atomic E-state index is 13.4. The summed E-state index contributed by atoms with van der Waals surface area (Å²) in [5.74, 6) is 0.415. The van der Waals surface area contributed by atoms with Crippen LogP contribution in [0.1, 0.15) is 28.1 Å². The lowest BCUT2D eigenvalue weighted by molar-refractivity contribution is -0.115. The summed E-state index contributed by atoms with van der Waals surface area (Å²) in [6.45, 7) is 1.49. The minimum absolute atomic E-state index is 0.0634. The van der Waals surface area contributed by atoms with E-state index < -0.39 is 5.25 Å². The van der Waals surface area contributed by atoms with E-state index in [4.69, 9.17) is 4.74 Å². The second-order valence-electron chi connectivity index (χ2n) is 7.22. The molecule has 0 fully saturated rings. The highest BCUT2D eigenvalue weighted by molar-refractivity contribution is 8.00. The van der Waals surface area contributed by atoms with Crippen LogP contribution in [0.4, 0.5) is 5.69 Å². The van der Waals surface area contributed by atoms with E-state index in [9.17, 15) is 9.59 Å². The highest BCUT2D eigenvalue weighted by Gasteiger charge is 2.25. The molecule has 0 aliphatic heterocycles.